The molecule has 0 saturated heterocycles. The molecule has 8 heteroatoms. The maximum absolute atomic E-state index is 14.0. The highest BCUT2D eigenvalue weighted by molar-refractivity contribution is 6.06. The van der Waals surface area contributed by atoms with Crippen molar-refractivity contribution in [2.45, 2.75) is 40.2 Å². The number of carbonyl (C=O) groups is 1. The van der Waals surface area contributed by atoms with Gasteiger partial charge in [0.1, 0.15) is 17.1 Å². The third kappa shape index (κ3) is 6.85. The van der Waals surface area contributed by atoms with Crippen LogP contribution in [-0.2, 0) is 0 Å². The summed E-state index contributed by atoms with van der Waals surface area (Å²) in [5, 5.41) is 20.2. The standard InChI is InChI=1S/C15H12FN3O2.C4H10O2.C2H6/c1-8-2-3-11(10(16)6-8)19-13-9-7-18-5-4-12(9)21-14(13)15(17)20;1-4(2,6)3-5;1-2/h2-7,19H,1H3,(H2,17,20);5-6H,3H2,1-2H3;1-2H3. The number of amides is 1. The number of rotatable bonds is 4. The molecule has 0 aliphatic rings. The minimum atomic E-state index is -0.903. The average Bonchev–Trinajstić information content (AvgIpc) is 3.04. The van der Waals surface area contributed by atoms with Gasteiger partial charge in [-0.05, 0) is 44.5 Å². The summed E-state index contributed by atoms with van der Waals surface area (Å²) in [6, 6.07) is 6.35. The first-order chi connectivity index (χ1) is 13.6. The third-order valence-electron chi connectivity index (χ3n) is 3.48. The van der Waals surface area contributed by atoms with E-state index in [1.54, 1.807) is 39.0 Å². The second-order valence-corrected chi connectivity index (χ2v) is 6.62. The quantitative estimate of drug-likeness (QED) is 0.522. The molecule has 29 heavy (non-hydrogen) atoms. The van der Waals surface area contributed by atoms with E-state index in [0.29, 0.717) is 16.7 Å². The zero-order valence-electron chi connectivity index (χ0n) is 17.3. The van der Waals surface area contributed by atoms with E-state index in [-0.39, 0.29) is 18.1 Å². The Morgan fingerprint density at radius 2 is 1.93 bits per heavy atom. The SMILES string of the molecule is CC.CC(C)(O)CO.Cc1ccc(Nc2c(C(N)=O)oc3ccncc23)c(F)c1. The van der Waals surface area contributed by atoms with Crippen LogP contribution in [0.15, 0.2) is 41.1 Å². The smallest absolute Gasteiger partial charge is 0.286 e. The van der Waals surface area contributed by atoms with Crippen molar-refractivity contribution < 1.29 is 23.8 Å². The number of furan rings is 1. The van der Waals surface area contributed by atoms with Crippen LogP contribution in [0.1, 0.15) is 43.8 Å². The maximum atomic E-state index is 14.0. The summed E-state index contributed by atoms with van der Waals surface area (Å²) in [4.78, 5) is 15.5. The van der Waals surface area contributed by atoms with Crippen LogP contribution in [-0.4, -0.2) is 33.3 Å². The molecule has 0 saturated carbocycles. The summed E-state index contributed by atoms with van der Waals surface area (Å²) in [5.74, 6) is -1.22. The topological polar surface area (TPSA) is 122 Å². The van der Waals surface area contributed by atoms with E-state index in [2.05, 4.69) is 10.3 Å². The molecule has 3 aromatic rings. The molecule has 7 nitrogen and oxygen atoms in total. The Labute approximate surface area is 169 Å². The number of benzene rings is 1. The van der Waals surface area contributed by atoms with E-state index < -0.39 is 17.3 Å². The molecule has 0 bridgehead atoms. The van der Waals surface area contributed by atoms with Gasteiger partial charge in [0.05, 0.1) is 23.3 Å². The van der Waals surface area contributed by atoms with E-state index in [4.69, 9.17) is 20.4 Å². The molecule has 158 valence electrons. The molecule has 0 aliphatic carbocycles. The second kappa shape index (κ2) is 10.5. The molecule has 2 aromatic heterocycles. The van der Waals surface area contributed by atoms with Crippen LogP contribution in [0.5, 0.6) is 0 Å². The Bertz CT molecular complexity index is 949. The van der Waals surface area contributed by atoms with Crippen LogP contribution in [0.3, 0.4) is 0 Å². The molecular weight excluding hydrogens is 377 g/mol. The van der Waals surface area contributed by atoms with Gasteiger partial charge < -0.3 is 25.7 Å². The number of hydrogen-bond acceptors (Lipinski definition) is 6. The number of nitrogens with two attached hydrogens (primary N) is 1. The highest BCUT2D eigenvalue weighted by Gasteiger charge is 2.19. The lowest BCUT2D eigenvalue weighted by Crippen LogP contribution is -2.23. The summed E-state index contributed by atoms with van der Waals surface area (Å²) in [6.45, 7) is 8.71. The van der Waals surface area contributed by atoms with Crippen molar-refractivity contribution in [3.8, 4) is 0 Å². The van der Waals surface area contributed by atoms with Gasteiger partial charge in [-0.25, -0.2) is 4.39 Å². The van der Waals surface area contributed by atoms with Gasteiger partial charge in [-0.15, -0.1) is 0 Å². The maximum Gasteiger partial charge on any atom is 0.286 e. The van der Waals surface area contributed by atoms with Crippen LogP contribution in [0, 0.1) is 12.7 Å². The van der Waals surface area contributed by atoms with Gasteiger partial charge in [-0.3, -0.25) is 9.78 Å². The van der Waals surface area contributed by atoms with Gasteiger partial charge in [0.2, 0.25) is 5.76 Å². The number of aliphatic hydroxyl groups excluding tert-OH is 1. The zero-order chi connectivity index (χ0) is 22.2. The minimum absolute atomic E-state index is 0.0574. The van der Waals surface area contributed by atoms with Crippen molar-refractivity contribution in [2.75, 3.05) is 11.9 Å². The summed E-state index contributed by atoms with van der Waals surface area (Å²) >= 11 is 0. The van der Waals surface area contributed by atoms with Gasteiger partial charge in [-0.1, -0.05) is 19.9 Å². The van der Waals surface area contributed by atoms with Crippen molar-refractivity contribution >= 4 is 28.3 Å². The highest BCUT2D eigenvalue weighted by Crippen LogP contribution is 2.33. The van der Waals surface area contributed by atoms with Crippen LogP contribution < -0.4 is 11.1 Å². The normalized spacial score (nSPS) is 10.5. The van der Waals surface area contributed by atoms with Crippen LogP contribution >= 0.6 is 0 Å². The number of anilines is 2. The number of aromatic nitrogens is 1. The number of primary amides is 1. The van der Waals surface area contributed by atoms with E-state index >= 15 is 0 Å². The van der Waals surface area contributed by atoms with E-state index in [9.17, 15) is 9.18 Å². The fraction of sp³-hybridized carbons (Fsp3) is 0.333. The fourth-order valence-electron chi connectivity index (χ4n) is 2.10. The van der Waals surface area contributed by atoms with E-state index in [0.717, 1.165) is 5.56 Å². The summed E-state index contributed by atoms with van der Waals surface area (Å²) in [6.07, 6.45) is 3.06. The number of nitrogens with one attached hydrogen (secondary N) is 1. The number of aryl methyl sites for hydroxylation is 1. The van der Waals surface area contributed by atoms with E-state index in [1.165, 1.54) is 18.5 Å². The number of nitrogens with zero attached hydrogens (tertiary/aromatic N) is 1. The first kappa shape index (κ1) is 24.1. The fourth-order valence-corrected chi connectivity index (χ4v) is 2.10. The third-order valence-corrected chi connectivity index (χ3v) is 3.48. The molecule has 1 amide bonds. The lowest BCUT2D eigenvalue weighted by molar-refractivity contribution is 0.0183. The van der Waals surface area contributed by atoms with Crippen molar-refractivity contribution in [3.63, 3.8) is 0 Å². The highest BCUT2D eigenvalue weighted by atomic mass is 19.1. The van der Waals surface area contributed by atoms with Gasteiger partial charge >= 0.3 is 0 Å². The second-order valence-electron chi connectivity index (χ2n) is 6.62. The van der Waals surface area contributed by atoms with Crippen molar-refractivity contribution in [1.29, 1.82) is 0 Å². The predicted molar refractivity (Wildman–Crippen MR) is 112 cm³/mol. The number of halogens is 1. The van der Waals surface area contributed by atoms with Crippen LogP contribution in [0.25, 0.3) is 11.0 Å². The first-order valence-electron chi connectivity index (χ1n) is 9.15. The van der Waals surface area contributed by atoms with Gasteiger partial charge in [0.25, 0.3) is 5.91 Å². The largest absolute Gasteiger partial charge is 0.448 e. The van der Waals surface area contributed by atoms with Crippen LogP contribution in [0.2, 0.25) is 0 Å². The van der Waals surface area contributed by atoms with Gasteiger partial charge in [0, 0.05) is 12.4 Å². The Hall–Kier alpha value is -2.97. The van der Waals surface area contributed by atoms with Crippen molar-refractivity contribution in [1.82, 2.24) is 4.98 Å². The Kier molecular flexibility index (Phi) is 8.75. The molecule has 0 aliphatic heterocycles. The molecule has 0 fully saturated rings. The van der Waals surface area contributed by atoms with Crippen molar-refractivity contribution in [3.05, 3.63) is 53.8 Å². The molecule has 0 radical (unpaired) electrons. The summed E-state index contributed by atoms with van der Waals surface area (Å²) in [7, 11) is 0. The number of fused-ring (bicyclic) bond motifs is 1. The summed E-state index contributed by atoms with van der Waals surface area (Å²) in [5.41, 5.74) is 6.20. The van der Waals surface area contributed by atoms with Crippen LogP contribution in [0.4, 0.5) is 15.8 Å². The Morgan fingerprint density at radius 3 is 2.45 bits per heavy atom. The average molecular weight is 405 g/mol. The number of aliphatic hydroxyl groups is 2. The molecule has 3 rings (SSSR count). The van der Waals surface area contributed by atoms with Gasteiger partial charge in [0.15, 0.2) is 0 Å². The lowest BCUT2D eigenvalue weighted by atomic mass is 10.2. The number of pyridine rings is 1. The number of hydrogen-bond donors (Lipinski definition) is 4. The molecule has 1 aromatic carbocycles. The molecule has 0 unspecified atom stereocenters. The Balaban J connectivity index is 0.000000454. The first-order valence-corrected chi connectivity index (χ1v) is 9.15. The minimum Gasteiger partial charge on any atom is -0.448 e. The number of carbonyl (C=O) groups excluding carboxylic acids is 1. The molecule has 0 spiro atoms. The summed E-state index contributed by atoms with van der Waals surface area (Å²) < 4.78 is 19.3. The predicted octanol–water partition coefficient (Wildman–Crippen LogP) is 3.89. The van der Waals surface area contributed by atoms with E-state index in [1.807, 2.05) is 13.8 Å². The molecule has 2 heterocycles. The van der Waals surface area contributed by atoms with Crippen molar-refractivity contribution in [2.24, 2.45) is 5.73 Å². The Morgan fingerprint density at radius 1 is 1.31 bits per heavy atom. The molecule has 5 N–H and O–H groups in total. The molecule has 0 atom stereocenters. The van der Waals surface area contributed by atoms with Gasteiger partial charge in [-0.2, -0.15) is 0 Å². The lowest BCUT2D eigenvalue weighted by Gasteiger charge is -2.10. The monoisotopic (exact) mass is 405 g/mol. The zero-order valence-corrected chi connectivity index (χ0v) is 17.3. The molecular formula is C21H28FN3O4.